The van der Waals surface area contributed by atoms with E-state index in [0.29, 0.717) is 12.6 Å². The second-order valence-corrected chi connectivity index (χ2v) is 3.29. The van der Waals surface area contributed by atoms with E-state index in [1.54, 1.807) is 0 Å². The van der Waals surface area contributed by atoms with Gasteiger partial charge in [-0.25, -0.2) is 0 Å². The highest BCUT2D eigenvalue weighted by atomic mass is 16.7. The number of allylic oxidation sites excluding steroid dienone is 1. The van der Waals surface area contributed by atoms with Crippen LogP contribution < -0.4 is 0 Å². The van der Waals surface area contributed by atoms with E-state index >= 15 is 0 Å². The molecule has 0 N–H and O–H groups in total. The summed E-state index contributed by atoms with van der Waals surface area (Å²) < 4.78 is 10.8. The molecule has 1 aliphatic heterocycles. The lowest BCUT2D eigenvalue weighted by molar-refractivity contribution is 0.0173. The molecule has 1 heterocycles. The average Bonchev–Trinajstić information content (AvgIpc) is 2.29. The van der Waals surface area contributed by atoms with Gasteiger partial charge in [-0.1, -0.05) is 30.3 Å². The number of ether oxygens (including phenoxy) is 2. The molecule has 1 aromatic carbocycles. The fourth-order valence-electron chi connectivity index (χ4n) is 1.36. The number of hydrogen-bond acceptors (Lipinski definition) is 2. The molecule has 0 saturated heterocycles. The van der Waals surface area contributed by atoms with Crippen LogP contribution in [-0.2, 0) is 16.1 Å². The van der Waals surface area contributed by atoms with Crippen molar-refractivity contribution in [1.82, 2.24) is 0 Å². The Labute approximate surface area is 84.2 Å². The summed E-state index contributed by atoms with van der Waals surface area (Å²) >= 11 is 0. The molecule has 0 unspecified atom stereocenters. The smallest absolute Gasteiger partial charge is 0.275 e. The summed E-state index contributed by atoms with van der Waals surface area (Å²) in [5.41, 5.74) is 1.17. The van der Waals surface area contributed by atoms with Gasteiger partial charge in [-0.2, -0.15) is 0 Å². The summed E-state index contributed by atoms with van der Waals surface area (Å²) in [5.74, 6) is 0.681. The number of rotatable bonds is 3. The Bertz CT molecular complexity index is 303. The highest BCUT2D eigenvalue weighted by Crippen LogP contribution is 2.13. The zero-order valence-corrected chi connectivity index (χ0v) is 8.11. The van der Waals surface area contributed by atoms with E-state index in [-0.39, 0.29) is 0 Å². The van der Waals surface area contributed by atoms with Crippen molar-refractivity contribution in [2.45, 2.75) is 19.4 Å². The van der Waals surface area contributed by atoms with Crippen molar-refractivity contribution in [2.24, 2.45) is 0 Å². The lowest BCUT2D eigenvalue weighted by Crippen LogP contribution is -2.04. The molecule has 0 saturated carbocycles. The zero-order chi connectivity index (χ0) is 9.64. The van der Waals surface area contributed by atoms with Crippen LogP contribution in [0.25, 0.3) is 0 Å². The number of benzene rings is 1. The van der Waals surface area contributed by atoms with Crippen LogP contribution in [0.15, 0.2) is 42.4 Å². The summed E-state index contributed by atoms with van der Waals surface area (Å²) in [6.45, 7) is 1.37. The maximum absolute atomic E-state index is 5.51. The maximum atomic E-state index is 5.51. The molecule has 14 heavy (non-hydrogen) atoms. The molecule has 0 amide bonds. The van der Waals surface area contributed by atoms with Crippen molar-refractivity contribution < 1.29 is 9.47 Å². The van der Waals surface area contributed by atoms with E-state index in [0.717, 1.165) is 19.4 Å². The third kappa shape index (κ3) is 2.52. The maximum Gasteiger partial charge on any atom is 0.275 e. The van der Waals surface area contributed by atoms with Gasteiger partial charge in [-0.05, 0) is 24.5 Å². The van der Waals surface area contributed by atoms with Gasteiger partial charge in [-0.15, -0.1) is 0 Å². The van der Waals surface area contributed by atoms with Gasteiger partial charge in [0, 0.05) is 0 Å². The predicted molar refractivity (Wildman–Crippen MR) is 54.5 cm³/mol. The molecule has 0 spiro atoms. The fraction of sp³-hybridized carbons (Fsp3) is 0.333. The van der Waals surface area contributed by atoms with Crippen molar-refractivity contribution in [3.63, 3.8) is 0 Å². The van der Waals surface area contributed by atoms with Crippen molar-refractivity contribution in [3.05, 3.63) is 47.9 Å². The zero-order valence-electron chi connectivity index (χ0n) is 8.11. The molecule has 0 atom stereocenters. The van der Waals surface area contributed by atoms with Crippen LogP contribution in [0.5, 0.6) is 0 Å². The van der Waals surface area contributed by atoms with E-state index in [4.69, 9.17) is 9.47 Å². The standard InChI is InChI=1S/C12H14O2/c1-2-6-11(7-3-1)10-14-12-8-4-5-9-13-12/h1-3,6-8H,4-5,9-10H2. The molecule has 2 heteroatoms. The first-order chi connectivity index (χ1) is 6.95. The van der Waals surface area contributed by atoms with E-state index in [1.807, 2.05) is 36.4 Å². The molecule has 1 aromatic rings. The van der Waals surface area contributed by atoms with Crippen molar-refractivity contribution >= 4 is 0 Å². The van der Waals surface area contributed by atoms with E-state index in [9.17, 15) is 0 Å². The van der Waals surface area contributed by atoms with Crippen LogP contribution >= 0.6 is 0 Å². The fourth-order valence-corrected chi connectivity index (χ4v) is 1.36. The highest BCUT2D eigenvalue weighted by Gasteiger charge is 2.04. The summed E-state index contributed by atoms with van der Waals surface area (Å²) in [7, 11) is 0. The molecule has 2 rings (SSSR count). The molecule has 2 nitrogen and oxygen atoms in total. The summed E-state index contributed by atoms with van der Waals surface area (Å²) in [4.78, 5) is 0. The first-order valence-corrected chi connectivity index (χ1v) is 4.95. The lowest BCUT2D eigenvalue weighted by Gasteiger charge is -2.15. The van der Waals surface area contributed by atoms with Crippen LogP contribution in [0.1, 0.15) is 18.4 Å². The van der Waals surface area contributed by atoms with Gasteiger partial charge >= 0.3 is 0 Å². The summed E-state index contributed by atoms with van der Waals surface area (Å²) in [6.07, 6.45) is 4.16. The Morgan fingerprint density at radius 2 is 2.07 bits per heavy atom. The Kier molecular flexibility index (Phi) is 3.06. The van der Waals surface area contributed by atoms with Crippen LogP contribution in [0.3, 0.4) is 0 Å². The molecular formula is C12H14O2. The highest BCUT2D eigenvalue weighted by molar-refractivity contribution is 5.13. The minimum absolute atomic E-state index is 0.590. The van der Waals surface area contributed by atoms with Gasteiger partial charge < -0.3 is 9.47 Å². The second kappa shape index (κ2) is 4.70. The van der Waals surface area contributed by atoms with Crippen molar-refractivity contribution in [2.75, 3.05) is 6.61 Å². The van der Waals surface area contributed by atoms with Gasteiger partial charge in [0.1, 0.15) is 6.61 Å². The molecule has 0 radical (unpaired) electrons. The second-order valence-electron chi connectivity index (χ2n) is 3.29. The largest absolute Gasteiger partial charge is 0.466 e. The van der Waals surface area contributed by atoms with Gasteiger partial charge in [-0.3, -0.25) is 0 Å². The predicted octanol–water partition coefficient (Wildman–Crippen LogP) is 2.86. The Morgan fingerprint density at radius 1 is 1.21 bits per heavy atom. The van der Waals surface area contributed by atoms with Gasteiger partial charge in [0.25, 0.3) is 5.95 Å². The molecular weight excluding hydrogens is 176 g/mol. The molecule has 0 fully saturated rings. The van der Waals surface area contributed by atoms with E-state index in [2.05, 4.69) is 0 Å². The van der Waals surface area contributed by atoms with Crippen LogP contribution in [0.2, 0.25) is 0 Å². The van der Waals surface area contributed by atoms with E-state index in [1.165, 1.54) is 5.56 Å². The third-order valence-corrected chi connectivity index (χ3v) is 2.13. The Morgan fingerprint density at radius 3 is 2.79 bits per heavy atom. The minimum Gasteiger partial charge on any atom is -0.466 e. The molecule has 0 aromatic heterocycles. The lowest BCUT2D eigenvalue weighted by atomic mass is 10.2. The molecule has 0 bridgehead atoms. The molecule has 74 valence electrons. The van der Waals surface area contributed by atoms with Crippen LogP contribution in [0.4, 0.5) is 0 Å². The Hall–Kier alpha value is -1.44. The van der Waals surface area contributed by atoms with Gasteiger partial charge in [0.2, 0.25) is 0 Å². The van der Waals surface area contributed by atoms with Gasteiger partial charge in [0.15, 0.2) is 0 Å². The van der Waals surface area contributed by atoms with Crippen LogP contribution in [0, 0.1) is 0 Å². The topological polar surface area (TPSA) is 18.5 Å². The minimum atomic E-state index is 0.590. The quantitative estimate of drug-likeness (QED) is 0.729. The molecule has 0 aliphatic carbocycles. The SMILES string of the molecule is C1=C(OCc2ccccc2)OCCC1. The summed E-state index contributed by atoms with van der Waals surface area (Å²) in [5, 5.41) is 0. The van der Waals surface area contributed by atoms with Gasteiger partial charge in [0.05, 0.1) is 6.61 Å². The van der Waals surface area contributed by atoms with E-state index < -0.39 is 0 Å². The van der Waals surface area contributed by atoms with Crippen LogP contribution in [-0.4, -0.2) is 6.61 Å². The summed E-state index contributed by atoms with van der Waals surface area (Å²) in [6, 6.07) is 10.1. The normalized spacial score (nSPS) is 15.6. The average molecular weight is 190 g/mol. The van der Waals surface area contributed by atoms with Crippen molar-refractivity contribution in [1.29, 1.82) is 0 Å². The third-order valence-electron chi connectivity index (χ3n) is 2.13. The number of hydrogen-bond donors (Lipinski definition) is 0. The monoisotopic (exact) mass is 190 g/mol. The van der Waals surface area contributed by atoms with Crippen molar-refractivity contribution in [3.8, 4) is 0 Å². The Balaban J connectivity index is 1.85. The molecule has 1 aliphatic rings. The first kappa shape index (κ1) is 9.13. The first-order valence-electron chi connectivity index (χ1n) is 4.95.